The van der Waals surface area contributed by atoms with Crippen LogP contribution in [0.2, 0.25) is 0 Å². The summed E-state index contributed by atoms with van der Waals surface area (Å²) in [5.41, 5.74) is 5.86. The third-order valence-electron chi connectivity index (χ3n) is 2.46. The number of nitrogens with zero attached hydrogens (tertiary/aromatic N) is 2. The van der Waals surface area contributed by atoms with E-state index in [1.807, 2.05) is 0 Å². The minimum atomic E-state index is -0.153. The molecule has 0 radical (unpaired) electrons. The molecule has 0 bridgehead atoms. The van der Waals surface area contributed by atoms with Crippen molar-refractivity contribution in [3.05, 3.63) is 18.2 Å². The van der Waals surface area contributed by atoms with Gasteiger partial charge in [0.2, 0.25) is 0 Å². The predicted octanol–water partition coefficient (Wildman–Crippen LogP) is 0.634. The molecule has 0 spiro atoms. The van der Waals surface area contributed by atoms with E-state index >= 15 is 0 Å². The lowest BCUT2D eigenvalue weighted by Gasteiger charge is -2.07. The van der Waals surface area contributed by atoms with Crippen molar-refractivity contribution in [3.8, 4) is 0 Å². The van der Waals surface area contributed by atoms with Crippen molar-refractivity contribution in [3.63, 3.8) is 0 Å². The van der Waals surface area contributed by atoms with Gasteiger partial charge in [0.15, 0.2) is 0 Å². The van der Waals surface area contributed by atoms with Gasteiger partial charge in [-0.3, -0.25) is 4.79 Å². The fraction of sp³-hybridized carbons (Fsp3) is 0.692. The molecular weight excluding hydrogens is 244 g/mol. The number of hydrogen-bond acceptors (Lipinski definition) is 4. The predicted molar refractivity (Wildman–Crippen MR) is 73.9 cm³/mol. The van der Waals surface area contributed by atoms with E-state index in [0.29, 0.717) is 37.9 Å². The number of nitrogens with two attached hydrogens (primary N) is 1. The molecule has 6 heteroatoms. The van der Waals surface area contributed by atoms with E-state index < -0.39 is 0 Å². The minimum Gasteiger partial charge on any atom is -0.381 e. The Morgan fingerprint density at radius 2 is 2.37 bits per heavy atom. The molecule has 0 saturated heterocycles. The average Bonchev–Trinajstić information content (AvgIpc) is 2.82. The molecule has 0 atom stereocenters. The van der Waals surface area contributed by atoms with Gasteiger partial charge in [-0.1, -0.05) is 13.8 Å². The number of ether oxygens (including phenoxy) is 1. The van der Waals surface area contributed by atoms with Crippen molar-refractivity contribution < 1.29 is 9.53 Å². The maximum Gasteiger partial charge on any atom is 0.271 e. The molecule has 0 unspecified atom stereocenters. The van der Waals surface area contributed by atoms with Gasteiger partial charge in [-0.2, -0.15) is 0 Å². The molecule has 0 aliphatic rings. The number of rotatable bonds is 9. The Morgan fingerprint density at radius 3 is 3.05 bits per heavy atom. The number of carbonyl (C=O) groups excluding carboxylic acids is 1. The summed E-state index contributed by atoms with van der Waals surface area (Å²) in [4.78, 5) is 15.8. The molecular formula is C13H24N4O2. The fourth-order valence-corrected chi connectivity index (χ4v) is 1.53. The van der Waals surface area contributed by atoms with Gasteiger partial charge in [0.25, 0.3) is 5.91 Å². The summed E-state index contributed by atoms with van der Waals surface area (Å²) in [7, 11) is 0. The van der Waals surface area contributed by atoms with Crippen LogP contribution >= 0.6 is 0 Å². The van der Waals surface area contributed by atoms with Crippen molar-refractivity contribution in [2.24, 2.45) is 11.7 Å². The van der Waals surface area contributed by atoms with Crippen molar-refractivity contribution in [1.29, 1.82) is 0 Å². The van der Waals surface area contributed by atoms with Crippen LogP contribution in [0.1, 0.15) is 30.8 Å². The van der Waals surface area contributed by atoms with Crippen LogP contribution in [0.4, 0.5) is 0 Å². The first-order chi connectivity index (χ1) is 9.13. The second-order valence-electron chi connectivity index (χ2n) is 4.86. The highest BCUT2D eigenvalue weighted by Crippen LogP contribution is 1.96. The lowest BCUT2D eigenvalue weighted by Crippen LogP contribution is -2.25. The number of hydrogen-bond donors (Lipinski definition) is 2. The molecule has 0 aliphatic heterocycles. The SMILES string of the molecule is CC(C)COCCCNC(=O)c1cn(CCN)cn1. The second-order valence-corrected chi connectivity index (χ2v) is 4.86. The lowest BCUT2D eigenvalue weighted by atomic mass is 10.2. The summed E-state index contributed by atoms with van der Waals surface area (Å²) in [6.45, 7) is 7.45. The highest BCUT2D eigenvalue weighted by molar-refractivity contribution is 5.91. The van der Waals surface area contributed by atoms with Gasteiger partial charge in [-0.15, -0.1) is 0 Å². The van der Waals surface area contributed by atoms with Crippen LogP contribution in [0.5, 0.6) is 0 Å². The molecule has 1 amide bonds. The Bertz CT molecular complexity index is 376. The van der Waals surface area contributed by atoms with E-state index in [4.69, 9.17) is 10.5 Å². The topological polar surface area (TPSA) is 82.2 Å². The van der Waals surface area contributed by atoms with Crippen LogP contribution in [-0.2, 0) is 11.3 Å². The van der Waals surface area contributed by atoms with Gasteiger partial charge in [0.05, 0.1) is 6.33 Å². The molecule has 1 aromatic rings. The van der Waals surface area contributed by atoms with Gasteiger partial charge < -0.3 is 20.4 Å². The minimum absolute atomic E-state index is 0.153. The summed E-state index contributed by atoms with van der Waals surface area (Å²) >= 11 is 0. The standard InChI is InChI=1S/C13H24N4O2/c1-11(2)9-19-7-3-5-15-13(18)12-8-17(6-4-14)10-16-12/h8,10-11H,3-7,9,14H2,1-2H3,(H,15,18). The molecule has 19 heavy (non-hydrogen) atoms. The maximum atomic E-state index is 11.7. The third-order valence-corrected chi connectivity index (χ3v) is 2.46. The number of imidazole rings is 1. The summed E-state index contributed by atoms with van der Waals surface area (Å²) in [5, 5.41) is 2.82. The van der Waals surface area contributed by atoms with Crippen molar-refractivity contribution >= 4 is 5.91 Å². The van der Waals surface area contributed by atoms with E-state index in [0.717, 1.165) is 13.0 Å². The van der Waals surface area contributed by atoms with Gasteiger partial charge in [0.1, 0.15) is 5.69 Å². The Balaban J connectivity index is 2.16. The van der Waals surface area contributed by atoms with Crippen molar-refractivity contribution in [2.45, 2.75) is 26.8 Å². The highest BCUT2D eigenvalue weighted by atomic mass is 16.5. The molecule has 0 fully saturated rings. The van der Waals surface area contributed by atoms with E-state index in [1.165, 1.54) is 0 Å². The largest absolute Gasteiger partial charge is 0.381 e. The van der Waals surface area contributed by atoms with Crippen LogP contribution < -0.4 is 11.1 Å². The van der Waals surface area contributed by atoms with Gasteiger partial charge >= 0.3 is 0 Å². The highest BCUT2D eigenvalue weighted by Gasteiger charge is 2.08. The van der Waals surface area contributed by atoms with E-state index in [2.05, 4.69) is 24.1 Å². The normalized spacial score (nSPS) is 10.9. The zero-order valence-electron chi connectivity index (χ0n) is 11.8. The molecule has 1 aromatic heterocycles. The Kier molecular flexibility index (Phi) is 7.14. The van der Waals surface area contributed by atoms with E-state index in [9.17, 15) is 4.79 Å². The van der Waals surface area contributed by atoms with Crippen molar-refractivity contribution in [2.75, 3.05) is 26.3 Å². The third kappa shape index (κ3) is 6.35. The second kappa shape index (κ2) is 8.66. The smallest absolute Gasteiger partial charge is 0.271 e. The zero-order valence-corrected chi connectivity index (χ0v) is 11.8. The Labute approximate surface area is 114 Å². The molecule has 1 rings (SSSR count). The first kappa shape index (κ1) is 15.7. The Hall–Kier alpha value is -1.40. The molecule has 0 aliphatic carbocycles. The lowest BCUT2D eigenvalue weighted by molar-refractivity contribution is 0.0921. The average molecular weight is 268 g/mol. The van der Waals surface area contributed by atoms with Crippen molar-refractivity contribution in [1.82, 2.24) is 14.9 Å². The monoisotopic (exact) mass is 268 g/mol. The van der Waals surface area contributed by atoms with Crippen LogP contribution in [0.15, 0.2) is 12.5 Å². The maximum absolute atomic E-state index is 11.7. The first-order valence-corrected chi connectivity index (χ1v) is 6.71. The molecule has 6 nitrogen and oxygen atoms in total. The summed E-state index contributed by atoms with van der Waals surface area (Å²) in [6.07, 6.45) is 4.13. The number of nitrogens with one attached hydrogen (secondary N) is 1. The summed E-state index contributed by atoms with van der Waals surface area (Å²) in [5.74, 6) is 0.390. The summed E-state index contributed by atoms with van der Waals surface area (Å²) < 4.78 is 7.24. The Morgan fingerprint density at radius 1 is 1.58 bits per heavy atom. The van der Waals surface area contributed by atoms with E-state index in [-0.39, 0.29) is 5.91 Å². The van der Waals surface area contributed by atoms with Gasteiger partial charge in [0, 0.05) is 39.0 Å². The molecule has 1 heterocycles. The number of aromatic nitrogens is 2. The van der Waals surface area contributed by atoms with Crippen LogP contribution in [0.3, 0.4) is 0 Å². The molecule has 108 valence electrons. The molecule has 0 saturated carbocycles. The van der Waals surface area contributed by atoms with Crippen LogP contribution in [-0.4, -0.2) is 41.8 Å². The quantitative estimate of drug-likeness (QED) is 0.644. The molecule has 0 aromatic carbocycles. The van der Waals surface area contributed by atoms with Crippen LogP contribution in [0, 0.1) is 5.92 Å². The summed E-state index contributed by atoms with van der Waals surface area (Å²) in [6, 6.07) is 0. The van der Waals surface area contributed by atoms with E-state index in [1.54, 1.807) is 17.1 Å². The number of amides is 1. The zero-order chi connectivity index (χ0) is 14.1. The molecule has 3 N–H and O–H groups in total. The van der Waals surface area contributed by atoms with Gasteiger partial charge in [-0.05, 0) is 12.3 Å². The van der Waals surface area contributed by atoms with Crippen LogP contribution in [0.25, 0.3) is 0 Å². The number of carbonyl (C=O) groups is 1. The van der Waals surface area contributed by atoms with Gasteiger partial charge in [-0.25, -0.2) is 4.98 Å². The fourth-order valence-electron chi connectivity index (χ4n) is 1.53. The first-order valence-electron chi connectivity index (χ1n) is 6.71.